The minimum atomic E-state index is -3.22. The summed E-state index contributed by atoms with van der Waals surface area (Å²) in [7, 11) is -3.22. The molecule has 0 spiro atoms. The second-order valence-electron chi connectivity index (χ2n) is 5.06. The maximum Gasteiger partial charge on any atom is 0.212 e. The van der Waals surface area contributed by atoms with E-state index in [1.54, 1.807) is 23.7 Å². The number of aromatic nitrogens is 1. The van der Waals surface area contributed by atoms with Crippen LogP contribution in [0.1, 0.15) is 19.4 Å². The second-order valence-corrected chi connectivity index (χ2v) is 7.85. The predicted molar refractivity (Wildman–Crippen MR) is 83.0 cm³/mol. The third-order valence-electron chi connectivity index (χ3n) is 2.65. The molecule has 0 saturated heterocycles. The van der Waals surface area contributed by atoms with Crippen LogP contribution < -0.4 is 4.72 Å². The molecule has 0 bridgehead atoms. The minimum Gasteiger partial charge on any atom is -0.264 e. The number of hydrogen-bond donors (Lipinski definition) is 1. The van der Waals surface area contributed by atoms with E-state index in [-0.39, 0.29) is 18.2 Å². The Morgan fingerprint density at radius 1 is 1.35 bits per heavy atom. The Morgan fingerprint density at radius 3 is 2.80 bits per heavy atom. The highest BCUT2D eigenvalue weighted by molar-refractivity contribution is 7.89. The summed E-state index contributed by atoms with van der Waals surface area (Å²) in [4.78, 5) is 5.30. The fourth-order valence-corrected chi connectivity index (χ4v) is 3.94. The Balaban J connectivity index is 2.06. The Labute approximate surface area is 123 Å². The van der Waals surface area contributed by atoms with Gasteiger partial charge in [-0.05, 0) is 29.0 Å². The average molecular weight is 310 g/mol. The van der Waals surface area contributed by atoms with Crippen molar-refractivity contribution in [3.05, 3.63) is 41.5 Å². The molecule has 0 aliphatic carbocycles. The van der Waals surface area contributed by atoms with Gasteiger partial charge in [-0.2, -0.15) is 0 Å². The maximum atomic E-state index is 11.8. The fraction of sp³-hybridized carbons (Fsp3) is 0.357. The standard InChI is InChI=1S/C14H18N2O2S2/c1-11(2)10-20(17,18)16-8-12-6-13(9-15-7-12)14-4-3-5-19-14/h3-7,9,11,16H,8,10H2,1-2H3. The van der Waals surface area contributed by atoms with Crippen molar-refractivity contribution in [1.29, 1.82) is 0 Å². The lowest BCUT2D eigenvalue weighted by molar-refractivity contribution is 0.568. The molecular weight excluding hydrogens is 292 g/mol. The van der Waals surface area contributed by atoms with Crippen LogP contribution in [0.5, 0.6) is 0 Å². The van der Waals surface area contributed by atoms with E-state index in [1.165, 1.54) is 0 Å². The van der Waals surface area contributed by atoms with Crippen molar-refractivity contribution < 1.29 is 8.42 Å². The molecule has 2 aromatic heterocycles. The van der Waals surface area contributed by atoms with Crippen LogP contribution in [0, 0.1) is 5.92 Å². The van der Waals surface area contributed by atoms with Crippen LogP contribution in [0.15, 0.2) is 36.0 Å². The van der Waals surface area contributed by atoms with Gasteiger partial charge in [0.1, 0.15) is 0 Å². The van der Waals surface area contributed by atoms with Crippen LogP contribution in [-0.2, 0) is 16.6 Å². The third kappa shape index (κ3) is 4.40. The molecule has 20 heavy (non-hydrogen) atoms. The Morgan fingerprint density at radius 2 is 2.15 bits per heavy atom. The molecule has 0 radical (unpaired) electrons. The van der Waals surface area contributed by atoms with E-state index in [0.717, 1.165) is 16.0 Å². The molecule has 2 rings (SSSR count). The van der Waals surface area contributed by atoms with Gasteiger partial charge >= 0.3 is 0 Å². The van der Waals surface area contributed by atoms with Crippen molar-refractivity contribution in [3.8, 4) is 10.4 Å². The van der Waals surface area contributed by atoms with E-state index in [9.17, 15) is 8.42 Å². The number of nitrogens with one attached hydrogen (secondary N) is 1. The van der Waals surface area contributed by atoms with Crippen molar-refractivity contribution in [2.24, 2.45) is 5.92 Å². The zero-order chi connectivity index (χ0) is 14.6. The van der Waals surface area contributed by atoms with Crippen LogP contribution in [0.3, 0.4) is 0 Å². The maximum absolute atomic E-state index is 11.8. The Kier molecular flexibility index (Phi) is 4.91. The van der Waals surface area contributed by atoms with Crippen molar-refractivity contribution in [3.63, 3.8) is 0 Å². The van der Waals surface area contributed by atoms with Crippen molar-refractivity contribution in [2.45, 2.75) is 20.4 Å². The Bertz CT molecular complexity index is 650. The molecule has 0 saturated carbocycles. The van der Waals surface area contributed by atoms with Crippen molar-refractivity contribution >= 4 is 21.4 Å². The van der Waals surface area contributed by atoms with E-state index in [2.05, 4.69) is 9.71 Å². The number of sulfonamides is 1. The van der Waals surface area contributed by atoms with Crippen LogP contribution in [0.2, 0.25) is 0 Å². The lowest BCUT2D eigenvalue weighted by atomic mass is 10.2. The summed E-state index contributed by atoms with van der Waals surface area (Å²) in [5.74, 6) is 0.258. The summed E-state index contributed by atoms with van der Waals surface area (Å²) in [6, 6.07) is 5.98. The number of nitrogens with zero attached hydrogens (tertiary/aromatic N) is 1. The first kappa shape index (κ1) is 15.2. The number of hydrogen-bond acceptors (Lipinski definition) is 4. The number of thiophene rings is 1. The van der Waals surface area contributed by atoms with E-state index in [0.29, 0.717) is 0 Å². The molecule has 0 aromatic carbocycles. The predicted octanol–water partition coefficient (Wildman–Crippen LogP) is 2.89. The summed E-state index contributed by atoms with van der Waals surface area (Å²) in [6.07, 6.45) is 3.48. The van der Waals surface area contributed by atoms with Gasteiger partial charge in [-0.1, -0.05) is 19.9 Å². The number of rotatable bonds is 6. The highest BCUT2D eigenvalue weighted by Crippen LogP contribution is 2.24. The molecular formula is C14H18N2O2S2. The summed E-state index contributed by atoms with van der Waals surface area (Å²) < 4.78 is 26.2. The van der Waals surface area contributed by atoms with Gasteiger partial charge in [0.05, 0.1) is 5.75 Å². The summed E-state index contributed by atoms with van der Waals surface area (Å²) in [5, 5.41) is 2.01. The largest absolute Gasteiger partial charge is 0.264 e. The van der Waals surface area contributed by atoms with E-state index >= 15 is 0 Å². The molecule has 0 unspecified atom stereocenters. The van der Waals surface area contributed by atoms with Gasteiger partial charge in [-0.25, -0.2) is 13.1 Å². The molecule has 2 heterocycles. The normalized spacial score (nSPS) is 11.9. The molecule has 0 amide bonds. The molecule has 0 aliphatic heterocycles. The molecule has 0 fully saturated rings. The molecule has 108 valence electrons. The van der Waals surface area contributed by atoms with Gasteiger partial charge in [0.2, 0.25) is 10.0 Å². The van der Waals surface area contributed by atoms with Crippen LogP contribution in [0.4, 0.5) is 0 Å². The first-order valence-corrected chi connectivity index (χ1v) is 8.94. The quantitative estimate of drug-likeness (QED) is 0.892. The topological polar surface area (TPSA) is 59.1 Å². The second kappa shape index (κ2) is 6.47. The van der Waals surface area contributed by atoms with E-state index in [4.69, 9.17) is 0 Å². The fourth-order valence-electron chi connectivity index (χ4n) is 1.85. The van der Waals surface area contributed by atoms with Crippen LogP contribution >= 0.6 is 11.3 Å². The molecule has 1 N–H and O–H groups in total. The zero-order valence-corrected chi connectivity index (χ0v) is 13.2. The zero-order valence-electron chi connectivity index (χ0n) is 11.5. The summed E-state index contributed by atoms with van der Waals surface area (Å²) in [5.41, 5.74) is 1.88. The molecule has 0 atom stereocenters. The first-order valence-electron chi connectivity index (χ1n) is 6.41. The SMILES string of the molecule is CC(C)CS(=O)(=O)NCc1cncc(-c2cccs2)c1. The Hall–Kier alpha value is -1.24. The molecule has 0 aliphatic rings. The molecule has 2 aromatic rings. The number of pyridine rings is 1. The van der Waals surface area contributed by atoms with Gasteiger partial charge in [-0.3, -0.25) is 4.98 Å². The van der Waals surface area contributed by atoms with Crippen molar-refractivity contribution in [2.75, 3.05) is 5.75 Å². The minimum absolute atomic E-state index is 0.114. The highest BCUT2D eigenvalue weighted by Gasteiger charge is 2.12. The summed E-state index contributed by atoms with van der Waals surface area (Å²) in [6.45, 7) is 4.05. The van der Waals surface area contributed by atoms with Crippen molar-refractivity contribution in [1.82, 2.24) is 9.71 Å². The van der Waals surface area contributed by atoms with Gasteiger partial charge < -0.3 is 0 Å². The first-order chi connectivity index (χ1) is 9.46. The smallest absolute Gasteiger partial charge is 0.212 e. The third-order valence-corrected chi connectivity index (χ3v) is 5.26. The lowest BCUT2D eigenvalue weighted by Gasteiger charge is -2.09. The average Bonchev–Trinajstić information content (AvgIpc) is 2.89. The van der Waals surface area contributed by atoms with Gasteiger partial charge in [0.25, 0.3) is 0 Å². The van der Waals surface area contributed by atoms with E-state index in [1.807, 2.05) is 37.4 Å². The highest BCUT2D eigenvalue weighted by atomic mass is 32.2. The monoisotopic (exact) mass is 310 g/mol. The summed E-state index contributed by atoms with van der Waals surface area (Å²) >= 11 is 1.64. The van der Waals surface area contributed by atoms with Gasteiger partial charge in [0.15, 0.2) is 0 Å². The molecule has 6 heteroatoms. The van der Waals surface area contributed by atoms with Gasteiger partial charge in [-0.15, -0.1) is 11.3 Å². The molecule has 4 nitrogen and oxygen atoms in total. The van der Waals surface area contributed by atoms with Crippen LogP contribution in [-0.4, -0.2) is 19.2 Å². The lowest BCUT2D eigenvalue weighted by Crippen LogP contribution is -2.28. The van der Waals surface area contributed by atoms with Gasteiger partial charge in [0, 0.05) is 29.4 Å². The van der Waals surface area contributed by atoms with E-state index < -0.39 is 10.0 Å². The van der Waals surface area contributed by atoms with Crippen LogP contribution in [0.25, 0.3) is 10.4 Å².